The number of piperidine rings is 1. The molecule has 1 atom stereocenters. The smallest absolute Gasteiger partial charge is 0.271 e. The molecule has 2 N–H and O–H groups in total. The first kappa shape index (κ1) is 14.7. The molecule has 0 aromatic carbocycles. The maximum Gasteiger partial charge on any atom is 0.271 e. The summed E-state index contributed by atoms with van der Waals surface area (Å²) >= 11 is 0. The lowest BCUT2D eigenvalue weighted by molar-refractivity contribution is 0.0950. The third-order valence-electron chi connectivity index (χ3n) is 3.56. The van der Waals surface area contributed by atoms with Gasteiger partial charge in [0.1, 0.15) is 0 Å². The molecular formula is C14H23N5O. The molecule has 1 fully saturated rings. The molecule has 110 valence electrons. The van der Waals surface area contributed by atoms with Gasteiger partial charge in [0, 0.05) is 19.6 Å². The van der Waals surface area contributed by atoms with Crippen molar-refractivity contribution in [3.05, 3.63) is 17.8 Å². The average Bonchev–Trinajstić information content (AvgIpc) is 2.48. The van der Waals surface area contributed by atoms with Crippen molar-refractivity contribution in [2.75, 3.05) is 38.1 Å². The van der Waals surface area contributed by atoms with E-state index in [1.54, 1.807) is 6.07 Å². The molecule has 2 heterocycles. The largest absolute Gasteiger partial charge is 0.355 e. The van der Waals surface area contributed by atoms with Crippen molar-refractivity contribution in [3.8, 4) is 0 Å². The van der Waals surface area contributed by atoms with E-state index in [4.69, 9.17) is 0 Å². The van der Waals surface area contributed by atoms with Gasteiger partial charge in [-0.25, -0.2) is 0 Å². The van der Waals surface area contributed by atoms with Crippen LogP contribution in [0.1, 0.15) is 30.3 Å². The first-order valence-corrected chi connectivity index (χ1v) is 7.26. The summed E-state index contributed by atoms with van der Waals surface area (Å²) in [7, 11) is 1.99. The zero-order valence-corrected chi connectivity index (χ0v) is 12.2. The zero-order valence-electron chi connectivity index (χ0n) is 12.2. The Labute approximate surface area is 120 Å². The summed E-state index contributed by atoms with van der Waals surface area (Å²) < 4.78 is 0. The molecule has 1 aromatic heterocycles. The van der Waals surface area contributed by atoms with Crippen LogP contribution in [-0.4, -0.2) is 49.3 Å². The maximum atomic E-state index is 11.6. The predicted molar refractivity (Wildman–Crippen MR) is 78.9 cm³/mol. The lowest BCUT2D eigenvalue weighted by Gasteiger charge is -2.33. The van der Waals surface area contributed by atoms with Crippen LogP contribution in [-0.2, 0) is 0 Å². The van der Waals surface area contributed by atoms with Gasteiger partial charge in [-0.3, -0.25) is 4.79 Å². The van der Waals surface area contributed by atoms with Crippen LogP contribution >= 0.6 is 0 Å². The van der Waals surface area contributed by atoms with Crippen molar-refractivity contribution >= 4 is 11.7 Å². The van der Waals surface area contributed by atoms with Crippen LogP contribution in [0, 0.1) is 5.92 Å². The fourth-order valence-corrected chi connectivity index (χ4v) is 2.59. The van der Waals surface area contributed by atoms with Crippen molar-refractivity contribution in [2.24, 2.45) is 5.92 Å². The van der Waals surface area contributed by atoms with Crippen LogP contribution in [0.5, 0.6) is 0 Å². The van der Waals surface area contributed by atoms with Crippen LogP contribution < -0.4 is 15.5 Å². The van der Waals surface area contributed by atoms with Crippen LogP contribution in [0.15, 0.2) is 12.1 Å². The van der Waals surface area contributed by atoms with Gasteiger partial charge in [-0.1, -0.05) is 0 Å². The molecule has 2 rings (SSSR count). The molecule has 20 heavy (non-hydrogen) atoms. The Morgan fingerprint density at radius 2 is 2.30 bits per heavy atom. The highest BCUT2D eigenvalue weighted by Gasteiger charge is 2.20. The molecule has 0 aliphatic carbocycles. The van der Waals surface area contributed by atoms with Crippen LogP contribution in [0.25, 0.3) is 0 Å². The first-order chi connectivity index (χ1) is 9.74. The summed E-state index contributed by atoms with van der Waals surface area (Å²) in [5.41, 5.74) is 0.374. The average molecular weight is 277 g/mol. The van der Waals surface area contributed by atoms with Gasteiger partial charge in [0.2, 0.25) is 0 Å². The van der Waals surface area contributed by atoms with E-state index in [0.29, 0.717) is 18.2 Å². The Bertz CT molecular complexity index is 432. The van der Waals surface area contributed by atoms with Gasteiger partial charge in [0.15, 0.2) is 11.5 Å². The number of anilines is 1. The topological polar surface area (TPSA) is 70.2 Å². The lowest BCUT2D eigenvalue weighted by atomic mass is 9.98. The number of nitrogens with one attached hydrogen (secondary N) is 2. The summed E-state index contributed by atoms with van der Waals surface area (Å²) in [6.45, 7) is 5.52. The SMILES string of the molecule is CCNC(=O)c1ccc(N2CCCC(CNC)C2)nn1. The number of nitrogens with zero attached hydrogens (tertiary/aromatic N) is 3. The van der Waals surface area contributed by atoms with Gasteiger partial charge in [-0.15, -0.1) is 10.2 Å². The fourth-order valence-electron chi connectivity index (χ4n) is 2.59. The Balaban J connectivity index is 2.00. The molecule has 0 saturated carbocycles. The molecule has 6 heteroatoms. The molecule has 1 saturated heterocycles. The molecule has 1 aromatic rings. The van der Waals surface area contributed by atoms with Gasteiger partial charge in [-0.2, -0.15) is 0 Å². The second kappa shape index (κ2) is 7.19. The molecule has 1 aliphatic heterocycles. The fraction of sp³-hybridized carbons (Fsp3) is 0.643. The summed E-state index contributed by atoms with van der Waals surface area (Å²) in [5, 5.41) is 14.2. The van der Waals surface area contributed by atoms with Crippen molar-refractivity contribution in [1.29, 1.82) is 0 Å². The van der Waals surface area contributed by atoms with Crippen molar-refractivity contribution in [3.63, 3.8) is 0 Å². The van der Waals surface area contributed by atoms with Crippen molar-refractivity contribution < 1.29 is 4.79 Å². The summed E-state index contributed by atoms with van der Waals surface area (Å²) in [4.78, 5) is 13.9. The molecular weight excluding hydrogens is 254 g/mol. The highest BCUT2D eigenvalue weighted by molar-refractivity contribution is 5.92. The molecule has 1 unspecified atom stereocenters. The minimum Gasteiger partial charge on any atom is -0.355 e. The van der Waals surface area contributed by atoms with Gasteiger partial charge < -0.3 is 15.5 Å². The lowest BCUT2D eigenvalue weighted by Crippen LogP contribution is -2.39. The summed E-state index contributed by atoms with van der Waals surface area (Å²) in [5.74, 6) is 1.34. The zero-order chi connectivity index (χ0) is 14.4. The van der Waals surface area contributed by atoms with E-state index in [1.165, 1.54) is 12.8 Å². The van der Waals surface area contributed by atoms with Gasteiger partial charge >= 0.3 is 0 Å². The van der Waals surface area contributed by atoms with Crippen LogP contribution in [0.4, 0.5) is 5.82 Å². The van der Waals surface area contributed by atoms with Crippen molar-refractivity contribution in [1.82, 2.24) is 20.8 Å². The summed E-state index contributed by atoms with van der Waals surface area (Å²) in [6, 6.07) is 3.63. The van der Waals surface area contributed by atoms with E-state index in [-0.39, 0.29) is 5.91 Å². The molecule has 0 bridgehead atoms. The number of aromatic nitrogens is 2. The molecule has 6 nitrogen and oxygen atoms in total. The van der Waals surface area contributed by atoms with E-state index in [1.807, 2.05) is 20.0 Å². The number of amides is 1. The van der Waals surface area contributed by atoms with Crippen molar-refractivity contribution in [2.45, 2.75) is 19.8 Å². The minimum atomic E-state index is -0.168. The summed E-state index contributed by atoms with van der Waals surface area (Å²) in [6.07, 6.45) is 2.42. The molecule has 0 spiro atoms. The highest BCUT2D eigenvalue weighted by atomic mass is 16.1. The number of rotatable bonds is 5. The maximum absolute atomic E-state index is 11.6. The van der Waals surface area contributed by atoms with E-state index in [0.717, 1.165) is 25.5 Å². The predicted octanol–water partition coefficient (Wildman–Crippen LogP) is 0.662. The second-order valence-electron chi connectivity index (χ2n) is 5.15. The Hall–Kier alpha value is -1.69. The first-order valence-electron chi connectivity index (χ1n) is 7.26. The van der Waals surface area contributed by atoms with Crippen LogP contribution in [0.2, 0.25) is 0 Å². The highest BCUT2D eigenvalue weighted by Crippen LogP contribution is 2.20. The number of hydrogen-bond donors (Lipinski definition) is 2. The third-order valence-corrected chi connectivity index (χ3v) is 3.56. The second-order valence-corrected chi connectivity index (χ2v) is 5.15. The molecule has 1 amide bonds. The quantitative estimate of drug-likeness (QED) is 0.827. The van der Waals surface area contributed by atoms with Gasteiger partial charge in [0.25, 0.3) is 5.91 Å². The van der Waals surface area contributed by atoms with Gasteiger partial charge in [0.05, 0.1) is 0 Å². The van der Waals surface area contributed by atoms with E-state index in [2.05, 4.69) is 25.7 Å². The Kier molecular flexibility index (Phi) is 5.29. The normalized spacial score (nSPS) is 18.9. The van der Waals surface area contributed by atoms with Crippen LogP contribution in [0.3, 0.4) is 0 Å². The molecule has 1 aliphatic rings. The number of carbonyl (C=O) groups is 1. The Morgan fingerprint density at radius 3 is 2.95 bits per heavy atom. The van der Waals surface area contributed by atoms with E-state index < -0.39 is 0 Å². The monoisotopic (exact) mass is 277 g/mol. The Morgan fingerprint density at radius 1 is 1.45 bits per heavy atom. The number of hydrogen-bond acceptors (Lipinski definition) is 5. The van der Waals surface area contributed by atoms with E-state index in [9.17, 15) is 4.79 Å². The van der Waals surface area contributed by atoms with Gasteiger partial charge in [-0.05, 0) is 51.4 Å². The van der Waals surface area contributed by atoms with E-state index >= 15 is 0 Å². The minimum absolute atomic E-state index is 0.168. The molecule has 0 radical (unpaired) electrons. The number of carbonyl (C=O) groups excluding carboxylic acids is 1. The standard InChI is InChI=1S/C14H23N5O/c1-3-16-14(20)12-6-7-13(18-17-12)19-8-4-5-11(10-19)9-15-2/h6-7,11,15H,3-5,8-10H2,1-2H3,(H,16,20). The third kappa shape index (κ3) is 3.66.